The Hall–Kier alpha value is -2.79. The molecular formula is C12H11N5O2. The molecular weight excluding hydrogens is 246 g/mol. The summed E-state index contributed by atoms with van der Waals surface area (Å²) in [6.45, 7) is 1.89. The third-order valence-corrected chi connectivity index (χ3v) is 2.30. The summed E-state index contributed by atoms with van der Waals surface area (Å²) in [5, 5.41) is 3.33. The van der Waals surface area contributed by atoms with Crippen molar-refractivity contribution in [2.24, 2.45) is 5.11 Å². The van der Waals surface area contributed by atoms with Crippen molar-refractivity contribution in [3.05, 3.63) is 52.4 Å². The summed E-state index contributed by atoms with van der Waals surface area (Å²) in [4.78, 5) is 18.4. The van der Waals surface area contributed by atoms with E-state index < -0.39 is 5.97 Å². The molecule has 0 aliphatic carbocycles. The highest BCUT2D eigenvalue weighted by molar-refractivity contribution is 5.93. The fourth-order valence-electron chi connectivity index (χ4n) is 1.55. The van der Waals surface area contributed by atoms with Crippen LogP contribution in [-0.2, 0) is 9.53 Å². The summed E-state index contributed by atoms with van der Waals surface area (Å²) < 4.78 is 6.59. The number of azide groups is 1. The molecule has 19 heavy (non-hydrogen) atoms. The molecule has 2 heterocycles. The molecule has 0 fully saturated rings. The van der Waals surface area contributed by atoms with Crippen LogP contribution in [0.25, 0.3) is 22.2 Å². The van der Waals surface area contributed by atoms with Gasteiger partial charge in [0, 0.05) is 17.3 Å². The molecule has 7 nitrogen and oxygen atoms in total. The average Bonchev–Trinajstić information content (AvgIpc) is 2.80. The predicted molar refractivity (Wildman–Crippen MR) is 68.9 cm³/mol. The van der Waals surface area contributed by atoms with Gasteiger partial charge in [-0.2, -0.15) is 0 Å². The van der Waals surface area contributed by atoms with Gasteiger partial charge in [-0.15, -0.1) is 0 Å². The molecule has 96 valence electrons. The summed E-state index contributed by atoms with van der Waals surface area (Å²) >= 11 is 0. The molecule has 0 atom stereocenters. The number of pyridine rings is 1. The number of ether oxygens (including phenoxy) is 1. The Balaban J connectivity index is 2.39. The second-order valence-corrected chi connectivity index (χ2v) is 3.57. The first-order valence-electron chi connectivity index (χ1n) is 5.62. The highest BCUT2D eigenvalue weighted by Gasteiger charge is 2.09. The first-order chi connectivity index (χ1) is 9.24. The second kappa shape index (κ2) is 5.70. The van der Waals surface area contributed by atoms with Crippen LogP contribution in [0.15, 0.2) is 41.4 Å². The van der Waals surface area contributed by atoms with Crippen LogP contribution in [0.4, 0.5) is 0 Å². The minimum Gasteiger partial charge on any atom is -0.462 e. The first kappa shape index (κ1) is 12.7. The number of imidazole rings is 1. The van der Waals surface area contributed by atoms with Gasteiger partial charge in [-0.3, -0.25) is 0 Å². The van der Waals surface area contributed by atoms with Gasteiger partial charge in [0.25, 0.3) is 0 Å². The van der Waals surface area contributed by atoms with Gasteiger partial charge in [0.1, 0.15) is 11.3 Å². The van der Waals surface area contributed by atoms with Crippen LogP contribution >= 0.6 is 0 Å². The number of carbonyl (C=O) groups is 1. The number of hydrogen-bond acceptors (Lipinski definition) is 4. The van der Waals surface area contributed by atoms with Crippen LogP contribution in [0.5, 0.6) is 0 Å². The van der Waals surface area contributed by atoms with E-state index in [1.807, 2.05) is 24.4 Å². The molecule has 0 saturated carbocycles. The Morgan fingerprint density at radius 1 is 1.63 bits per heavy atom. The van der Waals surface area contributed by atoms with Gasteiger partial charge in [0.2, 0.25) is 0 Å². The third-order valence-electron chi connectivity index (χ3n) is 2.30. The maximum absolute atomic E-state index is 11.6. The summed E-state index contributed by atoms with van der Waals surface area (Å²) in [5.74, 6) is -0.669. The van der Waals surface area contributed by atoms with E-state index in [4.69, 9.17) is 10.3 Å². The SMILES string of the molecule is CCOC(=O)/C(=C/c1cn2ccccc2n1)N=[N+]=[N-]. The van der Waals surface area contributed by atoms with E-state index in [2.05, 4.69) is 15.0 Å². The van der Waals surface area contributed by atoms with Gasteiger partial charge in [-0.25, -0.2) is 9.78 Å². The van der Waals surface area contributed by atoms with Crippen molar-refractivity contribution in [3.8, 4) is 0 Å². The fraction of sp³-hybridized carbons (Fsp3) is 0.167. The minimum atomic E-state index is -0.669. The Kier molecular flexibility index (Phi) is 3.80. The van der Waals surface area contributed by atoms with E-state index in [9.17, 15) is 4.79 Å². The monoisotopic (exact) mass is 257 g/mol. The lowest BCUT2D eigenvalue weighted by Gasteiger charge is -1.99. The molecule has 0 radical (unpaired) electrons. The van der Waals surface area contributed by atoms with E-state index in [0.29, 0.717) is 5.69 Å². The van der Waals surface area contributed by atoms with Crippen LogP contribution in [-0.4, -0.2) is 22.0 Å². The van der Waals surface area contributed by atoms with Gasteiger partial charge in [-0.05, 0) is 30.7 Å². The number of carbonyl (C=O) groups excluding carboxylic acids is 1. The van der Waals surface area contributed by atoms with E-state index >= 15 is 0 Å². The van der Waals surface area contributed by atoms with E-state index in [1.165, 1.54) is 6.08 Å². The molecule has 0 aliphatic rings. The molecule has 0 aliphatic heterocycles. The molecule has 0 amide bonds. The standard InChI is InChI=1S/C12H11N5O2/c1-2-19-12(18)10(15-16-13)7-9-8-17-6-4-3-5-11(17)14-9/h3-8H,2H2,1H3/b10-7-. The Morgan fingerprint density at radius 2 is 2.47 bits per heavy atom. The number of nitrogens with zero attached hydrogens (tertiary/aromatic N) is 5. The molecule has 0 unspecified atom stereocenters. The third kappa shape index (κ3) is 2.91. The summed E-state index contributed by atoms with van der Waals surface area (Å²) in [7, 11) is 0. The summed E-state index contributed by atoms with van der Waals surface area (Å²) in [6, 6.07) is 5.55. The van der Waals surface area contributed by atoms with Crippen molar-refractivity contribution in [1.29, 1.82) is 0 Å². The van der Waals surface area contributed by atoms with Crippen molar-refractivity contribution in [2.45, 2.75) is 6.92 Å². The molecule has 0 aromatic carbocycles. The van der Waals surface area contributed by atoms with Crippen molar-refractivity contribution in [3.63, 3.8) is 0 Å². The van der Waals surface area contributed by atoms with Crippen molar-refractivity contribution >= 4 is 17.7 Å². The lowest BCUT2D eigenvalue weighted by atomic mass is 10.3. The average molecular weight is 257 g/mol. The first-order valence-corrected chi connectivity index (χ1v) is 5.62. The maximum Gasteiger partial charge on any atom is 0.340 e. The fourth-order valence-corrected chi connectivity index (χ4v) is 1.55. The van der Waals surface area contributed by atoms with Crippen molar-refractivity contribution in [1.82, 2.24) is 9.38 Å². The van der Waals surface area contributed by atoms with Gasteiger partial charge >= 0.3 is 5.97 Å². The lowest BCUT2D eigenvalue weighted by Crippen LogP contribution is -2.05. The summed E-state index contributed by atoms with van der Waals surface area (Å²) in [6.07, 6.45) is 4.95. The Morgan fingerprint density at radius 3 is 3.16 bits per heavy atom. The number of fused-ring (bicyclic) bond motifs is 1. The molecule has 0 spiro atoms. The highest BCUT2D eigenvalue weighted by Crippen LogP contribution is 2.11. The molecule has 0 bridgehead atoms. The largest absolute Gasteiger partial charge is 0.462 e. The lowest BCUT2D eigenvalue weighted by molar-refractivity contribution is -0.138. The predicted octanol–water partition coefficient (Wildman–Crippen LogP) is 2.55. The van der Waals surface area contributed by atoms with E-state index in [0.717, 1.165) is 5.65 Å². The number of aromatic nitrogens is 2. The normalized spacial score (nSPS) is 11.1. The van der Waals surface area contributed by atoms with Crippen LogP contribution < -0.4 is 0 Å². The Labute approximate surface area is 108 Å². The van der Waals surface area contributed by atoms with Crippen molar-refractivity contribution in [2.75, 3.05) is 6.61 Å². The number of esters is 1. The quantitative estimate of drug-likeness (QED) is 0.277. The van der Waals surface area contributed by atoms with E-state index in [1.54, 1.807) is 17.5 Å². The number of rotatable bonds is 4. The maximum atomic E-state index is 11.6. The number of hydrogen-bond donors (Lipinski definition) is 0. The van der Waals surface area contributed by atoms with Gasteiger partial charge in [0.05, 0.1) is 12.3 Å². The Bertz CT molecular complexity index is 649. The smallest absolute Gasteiger partial charge is 0.340 e. The van der Waals surface area contributed by atoms with Gasteiger partial charge < -0.3 is 9.14 Å². The molecule has 2 aromatic heterocycles. The molecule has 0 N–H and O–H groups in total. The van der Waals surface area contributed by atoms with Crippen LogP contribution in [0, 0.1) is 0 Å². The van der Waals surface area contributed by atoms with Crippen LogP contribution in [0.3, 0.4) is 0 Å². The van der Waals surface area contributed by atoms with Gasteiger partial charge in [0.15, 0.2) is 0 Å². The van der Waals surface area contributed by atoms with Crippen LogP contribution in [0.2, 0.25) is 0 Å². The zero-order valence-corrected chi connectivity index (χ0v) is 10.2. The van der Waals surface area contributed by atoms with Gasteiger partial charge in [-0.1, -0.05) is 11.2 Å². The zero-order valence-electron chi connectivity index (χ0n) is 10.2. The molecule has 7 heteroatoms. The van der Waals surface area contributed by atoms with Crippen molar-refractivity contribution < 1.29 is 9.53 Å². The second-order valence-electron chi connectivity index (χ2n) is 3.57. The van der Waals surface area contributed by atoms with E-state index in [-0.39, 0.29) is 12.3 Å². The summed E-state index contributed by atoms with van der Waals surface area (Å²) in [5.41, 5.74) is 9.59. The highest BCUT2D eigenvalue weighted by atomic mass is 16.5. The molecule has 2 rings (SSSR count). The topological polar surface area (TPSA) is 92.4 Å². The molecule has 0 saturated heterocycles. The zero-order chi connectivity index (χ0) is 13.7. The molecule has 2 aromatic rings. The van der Waals surface area contributed by atoms with Crippen LogP contribution in [0.1, 0.15) is 12.6 Å². The minimum absolute atomic E-state index is 0.118.